The summed E-state index contributed by atoms with van der Waals surface area (Å²) in [5.74, 6) is -0.0467. The van der Waals surface area contributed by atoms with Crippen LogP contribution in [-0.4, -0.2) is 34.8 Å². The Kier molecular flexibility index (Phi) is 4.43. The Hall–Kier alpha value is -1.32. The maximum Gasteiger partial charge on any atom is 0.246 e. The summed E-state index contributed by atoms with van der Waals surface area (Å²) < 4.78 is 0. The second kappa shape index (κ2) is 5.35. The average molecular weight is 266 g/mol. The third-order valence-corrected chi connectivity index (χ3v) is 4.08. The summed E-state index contributed by atoms with van der Waals surface area (Å²) in [6, 6.07) is -0.467. The van der Waals surface area contributed by atoms with Gasteiger partial charge in [-0.15, -0.1) is 6.58 Å². The fourth-order valence-electron chi connectivity index (χ4n) is 2.75. The highest BCUT2D eigenvalue weighted by Gasteiger charge is 2.52. The van der Waals surface area contributed by atoms with E-state index in [4.69, 9.17) is 0 Å². The van der Waals surface area contributed by atoms with Gasteiger partial charge >= 0.3 is 0 Å². The van der Waals surface area contributed by atoms with E-state index in [2.05, 4.69) is 11.9 Å². The highest BCUT2D eigenvalue weighted by Crippen LogP contribution is 2.33. The van der Waals surface area contributed by atoms with Gasteiger partial charge in [0.15, 0.2) is 0 Å². The largest absolute Gasteiger partial charge is 0.342 e. The van der Waals surface area contributed by atoms with Crippen LogP contribution in [0.5, 0.6) is 0 Å². The highest BCUT2D eigenvalue weighted by atomic mass is 16.2. The smallest absolute Gasteiger partial charge is 0.246 e. The van der Waals surface area contributed by atoms with Crippen LogP contribution >= 0.6 is 0 Å². The number of amides is 2. The van der Waals surface area contributed by atoms with Gasteiger partial charge in [-0.2, -0.15) is 0 Å². The van der Waals surface area contributed by atoms with E-state index in [1.165, 1.54) is 0 Å². The molecule has 108 valence electrons. The van der Waals surface area contributed by atoms with Crippen LogP contribution in [0.25, 0.3) is 0 Å². The van der Waals surface area contributed by atoms with Gasteiger partial charge < -0.3 is 10.2 Å². The molecule has 1 aliphatic heterocycles. The molecule has 1 N–H and O–H groups in total. The number of carbonyl (C=O) groups is 2. The van der Waals surface area contributed by atoms with Crippen LogP contribution in [0, 0.1) is 5.41 Å². The predicted octanol–water partition coefficient (Wildman–Crippen LogP) is 2.10. The van der Waals surface area contributed by atoms with Crippen molar-refractivity contribution >= 4 is 11.8 Å². The van der Waals surface area contributed by atoms with Crippen molar-refractivity contribution in [3.8, 4) is 0 Å². The number of piperazine rings is 1. The van der Waals surface area contributed by atoms with E-state index >= 15 is 0 Å². The van der Waals surface area contributed by atoms with Crippen molar-refractivity contribution in [1.82, 2.24) is 10.2 Å². The van der Waals surface area contributed by atoms with Crippen molar-refractivity contribution in [2.24, 2.45) is 5.41 Å². The molecule has 0 aromatic heterocycles. The normalized spacial score (nSPS) is 23.2. The Morgan fingerprint density at radius 2 is 1.84 bits per heavy atom. The molecule has 1 heterocycles. The lowest BCUT2D eigenvalue weighted by Gasteiger charge is -2.49. The van der Waals surface area contributed by atoms with Gasteiger partial charge in [-0.1, -0.05) is 40.7 Å². The molecule has 1 fully saturated rings. The first-order valence-electron chi connectivity index (χ1n) is 6.98. The average Bonchev–Trinajstić information content (AvgIpc) is 2.33. The molecule has 1 aliphatic rings. The fraction of sp³-hybridized carbons (Fsp3) is 0.733. The molecule has 1 saturated heterocycles. The number of hydrogen-bond donors (Lipinski definition) is 1. The molecular weight excluding hydrogens is 240 g/mol. The molecule has 2 amide bonds. The minimum absolute atomic E-state index is 0.00398. The van der Waals surface area contributed by atoms with Crippen molar-refractivity contribution in [2.45, 2.75) is 59.0 Å². The first-order chi connectivity index (χ1) is 8.74. The van der Waals surface area contributed by atoms with Crippen LogP contribution in [-0.2, 0) is 9.59 Å². The highest BCUT2D eigenvalue weighted by molar-refractivity contribution is 6.00. The lowest BCUT2D eigenvalue weighted by Crippen LogP contribution is -2.72. The molecule has 0 aliphatic carbocycles. The second-order valence-corrected chi connectivity index (χ2v) is 6.25. The van der Waals surface area contributed by atoms with E-state index in [9.17, 15) is 9.59 Å². The molecule has 0 radical (unpaired) electrons. The molecule has 4 nitrogen and oxygen atoms in total. The molecule has 0 saturated carbocycles. The van der Waals surface area contributed by atoms with Crippen molar-refractivity contribution < 1.29 is 9.59 Å². The molecule has 0 bridgehead atoms. The maximum atomic E-state index is 12.7. The zero-order valence-corrected chi connectivity index (χ0v) is 12.7. The molecule has 0 aromatic rings. The van der Waals surface area contributed by atoms with Gasteiger partial charge in [-0.25, -0.2) is 0 Å². The van der Waals surface area contributed by atoms with Crippen LogP contribution in [0.15, 0.2) is 12.7 Å². The van der Waals surface area contributed by atoms with Gasteiger partial charge in [0, 0.05) is 6.54 Å². The van der Waals surface area contributed by atoms with Gasteiger partial charge in [0.2, 0.25) is 11.8 Å². The summed E-state index contributed by atoms with van der Waals surface area (Å²) in [4.78, 5) is 26.9. The van der Waals surface area contributed by atoms with Gasteiger partial charge in [0.1, 0.15) is 11.6 Å². The fourth-order valence-corrected chi connectivity index (χ4v) is 2.75. The summed E-state index contributed by atoms with van der Waals surface area (Å²) in [6.07, 6.45) is 2.92. The van der Waals surface area contributed by atoms with E-state index in [1.807, 2.05) is 34.6 Å². The van der Waals surface area contributed by atoms with Crippen LogP contribution in [0.3, 0.4) is 0 Å². The van der Waals surface area contributed by atoms with E-state index < -0.39 is 11.6 Å². The summed E-state index contributed by atoms with van der Waals surface area (Å²) in [7, 11) is 0. The van der Waals surface area contributed by atoms with Crippen molar-refractivity contribution in [1.29, 1.82) is 0 Å². The second-order valence-electron chi connectivity index (χ2n) is 6.25. The Morgan fingerprint density at radius 3 is 2.21 bits per heavy atom. The van der Waals surface area contributed by atoms with Crippen LogP contribution in [0.4, 0.5) is 0 Å². The summed E-state index contributed by atoms with van der Waals surface area (Å²) in [5.41, 5.74) is -1.02. The van der Waals surface area contributed by atoms with Gasteiger partial charge in [0.05, 0.1) is 0 Å². The number of rotatable bonds is 4. The Labute approximate surface area is 116 Å². The van der Waals surface area contributed by atoms with Crippen LogP contribution in [0.2, 0.25) is 0 Å². The number of nitrogens with one attached hydrogen (secondary N) is 1. The lowest BCUT2D eigenvalue weighted by molar-refractivity contribution is -0.160. The Balaban J connectivity index is 3.24. The zero-order valence-electron chi connectivity index (χ0n) is 12.7. The lowest BCUT2D eigenvalue weighted by atomic mass is 9.79. The third kappa shape index (κ3) is 2.53. The molecule has 1 atom stereocenters. The van der Waals surface area contributed by atoms with Gasteiger partial charge in [0.25, 0.3) is 0 Å². The predicted molar refractivity (Wildman–Crippen MR) is 76.6 cm³/mol. The van der Waals surface area contributed by atoms with E-state index in [1.54, 1.807) is 11.0 Å². The molecule has 1 rings (SSSR count). The van der Waals surface area contributed by atoms with E-state index in [0.29, 0.717) is 19.4 Å². The topological polar surface area (TPSA) is 49.4 Å². The molecule has 19 heavy (non-hydrogen) atoms. The summed E-state index contributed by atoms with van der Waals surface area (Å²) in [5, 5.41) is 2.92. The Bertz CT molecular complexity index is 378. The first-order valence-corrected chi connectivity index (χ1v) is 6.98. The SMILES string of the molecule is C=CCN1C(=O)C(C(C)(C)C)NC(=O)C1(CC)CC. The molecular formula is C15H26N2O2. The summed E-state index contributed by atoms with van der Waals surface area (Å²) in [6.45, 7) is 13.9. The Morgan fingerprint density at radius 1 is 1.32 bits per heavy atom. The first kappa shape index (κ1) is 15.7. The quantitative estimate of drug-likeness (QED) is 0.792. The van der Waals surface area contributed by atoms with Crippen molar-refractivity contribution in [3.05, 3.63) is 12.7 Å². The maximum absolute atomic E-state index is 12.7. The van der Waals surface area contributed by atoms with E-state index in [-0.39, 0.29) is 17.2 Å². The number of hydrogen-bond acceptors (Lipinski definition) is 2. The van der Waals surface area contributed by atoms with Crippen molar-refractivity contribution in [2.75, 3.05) is 6.54 Å². The molecule has 1 unspecified atom stereocenters. The van der Waals surface area contributed by atoms with Gasteiger partial charge in [-0.05, 0) is 18.3 Å². The minimum atomic E-state index is -0.729. The molecule has 0 spiro atoms. The monoisotopic (exact) mass is 266 g/mol. The number of nitrogens with zero attached hydrogens (tertiary/aromatic N) is 1. The molecule has 0 aromatic carbocycles. The van der Waals surface area contributed by atoms with Crippen LogP contribution < -0.4 is 5.32 Å². The van der Waals surface area contributed by atoms with Crippen molar-refractivity contribution in [3.63, 3.8) is 0 Å². The standard InChI is InChI=1S/C15H26N2O2/c1-7-10-17-12(18)11(14(4,5)6)16-13(19)15(17,8-2)9-3/h7,11H,1,8-10H2,2-6H3,(H,16,19). The zero-order chi connectivity index (χ0) is 14.8. The molecule has 4 heteroatoms. The third-order valence-electron chi connectivity index (χ3n) is 4.08. The van der Waals surface area contributed by atoms with E-state index in [0.717, 1.165) is 0 Å². The number of carbonyl (C=O) groups excluding carboxylic acids is 2. The van der Waals surface area contributed by atoms with Gasteiger partial charge in [-0.3, -0.25) is 9.59 Å². The summed E-state index contributed by atoms with van der Waals surface area (Å²) >= 11 is 0. The minimum Gasteiger partial charge on any atom is -0.342 e. The van der Waals surface area contributed by atoms with Crippen LogP contribution in [0.1, 0.15) is 47.5 Å².